The monoisotopic (exact) mass is 353 g/mol. The number of pyridine rings is 1. The lowest BCUT2D eigenvalue weighted by molar-refractivity contribution is -0.0696. The van der Waals surface area contributed by atoms with Gasteiger partial charge in [0.2, 0.25) is 0 Å². The van der Waals surface area contributed by atoms with E-state index in [0.29, 0.717) is 11.6 Å². The maximum absolute atomic E-state index is 12.0. The molecule has 120 valence electrons. The molecule has 2 heterocycles. The summed E-state index contributed by atoms with van der Waals surface area (Å²) in [6.07, 6.45) is 0.678. The van der Waals surface area contributed by atoms with Gasteiger partial charge >= 0.3 is 5.97 Å². The third kappa shape index (κ3) is 4.00. The Bertz CT molecular complexity index is 693. The Kier molecular flexibility index (Phi) is 5.13. The zero-order valence-electron chi connectivity index (χ0n) is 11.9. The van der Waals surface area contributed by atoms with E-state index in [2.05, 4.69) is 4.98 Å². The van der Waals surface area contributed by atoms with Crippen LogP contribution in [-0.4, -0.2) is 30.3 Å². The first-order valence-corrected chi connectivity index (χ1v) is 7.69. The van der Waals surface area contributed by atoms with Crippen molar-refractivity contribution >= 4 is 29.2 Å². The fraction of sp³-hybridized carbons (Fsp3) is 0.250. The minimum atomic E-state index is -0.540. The van der Waals surface area contributed by atoms with Gasteiger partial charge in [-0.15, -0.1) is 0 Å². The van der Waals surface area contributed by atoms with Crippen LogP contribution in [0.25, 0.3) is 0 Å². The van der Waals surface area contributed by atoms with Gasteiger partial charge in [-0.3, -0.25) is 0 Å². The van der Waals surface area contributed by atoms with Crippen LogP contribution in [0.4, 0.5) is 0 Å². The van der Waals surface area contributed by atoms with Crippen molar-refractivity contribution in [2.75, 3.05) is 13.2 Å². The van der Waals surface area contributed by atoms with Crippen molar-refractivity contribution in [3.05, 3.63) is 63.9 Å². The van der Waals surface area contributed by atoms with Crippen molar-refractivity contribution in [2.45, 2.75) is 12.4 Å². The van der Waals surface area contributed by atoms with E-state index in [4.69, 9.17) is 37.4 Å². The predicted molar refractivity (Wildman–Crippen MR) is 84.5 cm³/mol. The molecular formula is C16H13Cl2NO4. The average Bonchev–Trinajstić information content (AvgIpc) is 3.03. The van der Waals surface area contributed by atoms with Gasteiger partial charge in [-0.1, -0.05) is 35.3 Å². The van der Waals surface area contributed by atoms with Crippen molar-refractivity contribution in [1.29, 1.82) is 0 Å². The predicted octanol–water partition coefficient (Wildman–Crippen LogP) is 3.66. The highest BCUT2D eigenvalue weighted by molar-refractivity contribution is 6.32. The van der Waals surface area contributed by atoms with Crippen molar-refractivity contribution < 1.29 is 19.0 Å². The summed E-state index contributed by atoms with van der Waals surface area (Å²) >= 11 is 11.7. The maximum Gasteiger partial charge on any atom is 0.341 e. The van der Waals surface area contributed by atoms with Crippen LogP contribution in [0.3, 0.4) is 0 Å². The highest BCUT2D eigenvalue weighted by Gasteiger charge is 2.28. The molecule has 23 heavy (non-hydrogen) atoms. The number of carbonyl (C=O) groups is 1. The molecule has 0 aliphatic carbocycles. The van der Waals surface area contributed by atoms with E-state index in [1.54, 1.807) is 24.3 Å². The van der Waals surface area contributed by atoms with E-state index in [1.807, 2.05) is 12.1 Å². The normalized spacial score (nSPS) is 20.4. The summed E-state index contributed by atoms with van der Waals surface area (Å²) in [5, 5.41) is 0.755. The first-order valence-electron chi connectivity index (χ1n) is 6.93. The Morgan fingerprint density at radius 3 is 2.78 bits per heavy atom. The maximum atomic E-state index is 12.0. The molecule has 0 radical (unpaired) electrons. The summed E-state index contributed by atoms with van der Waals surface area (Å²) in [5.74, 6) is -0.540. The molecule has 2 atom stereocenters. The molecule has 0 unspecified atom stereocenters. The van der Waals surface area contributed by atoms with Crippen LogP contribution in [0.2, 0.25) is 10.2 Å². The van der Waals surface area contributed by atoms with Crippen molar-refractivity contribution in [3.8, 4) is 0 Å². The SMILES string of the molecule is O=C(OC[C@@H]1CO[C@H](c2ccc(Cl)cc2)O1)c1cccnc1Cl. The number of hydrogen-bond acceptors (Lipinski definition) is 5. The smallest absolute Gasteiger partial charge is 0.341 e. The van der Waals surface area contributed by atoms with Crippen LogP contribution >= 0.6 is 23.2 Å². The van der Waals surface area contributed by atoms with E-state index in [0.717, 1.165) is 5.56 Å². The molecule has 0 N–H and O–H groups in total. The van der Waals surface area contributed by atoms with E-state index >= 15 is 0 Å². The molecule has 1 aromatic heterocycles. The number of hydrogen-bond donors (Lipinski definition) is 0. The number of esters is 1. The third-order valence-electron chi connectivity index (χ3n) is 3.27. The van der Waals surface area contributed by atoms with Crippen molar-refractivity contribution in [3.63, 3.8) is 0 Å². The molecule has 1 aliphatic rings. The van der Waals surface area contributed by atoms with Crippen LogP contribution in [0.5, 0.6) is 0 Å². The number of nitrogens with zero attached hydrogens (tertiary/aromatic N) is 1. The number of carbonyl (C=O) groups excluding carboxylic acids is 1. The minimum absolute atomic E-state index is 0.0775. The second kappa shape index (κ2) is 7.27. The van der Waals surface area contributed by atoms with E-state index < -0.39 is 12.3 Å². The van der Waals surface area contributed by atoms with Gasteiger partial charge in [0, 0.05) is 16.8 Å². The number of halogens is 2. The average molecular weight is 354 g/mol. The summed E-state index contributed by atoms with van der Waals surface area (Å²) < 4.78 is 16.5. The summed E-state index contributed by atoms with van der Waals surface area (Å²) in [4.78, 5) is 15.8. The second-order valence-corrected chi connectivity index (χ2v) is 5.71. The zero-order chi connectivity index (χ0) is 16.2. The van der Waals surface area contributed by atoms with Crippen molar-refractivity contribution in [1.82, 2.24) is 4.98 Å². The largest absolute Gasteiger partial charge is 0.459 e. The molecule has 0 bridgehead atoms. The lowest BCUT2D eigenvalue weighted by atomic mass is 10.2. The first kappa shape index (κ1) is 16.2. The van der Waals surface area contributed by atoms with Gasteiger partial charge in [0.25, 0.3) is 0 Å². The lowest BCUT2D eigenvalue weighted by Crippen LogP contribution is -2.21. The highest BCUT2D eigenvalue weighted by atomic mass is 35.5. The van der Waals surface area contributed by atoms with Crippen molar-refractivity contribution in [2.24, 2.45) is 0 Å². The molecular weight excluding hydrogens is 341 g/mol. The fourth-order valence-corrected chi connectivity index (χ4v) is 2.44. The Hall–Kier alpha value is -1.66. The van der Waals surface area contributed by atoms with Gasteiger partial charge in [0.05, 0.1) is 12.2 Å². The molecule has 1 fully saturated rings. The van der Waals surface area contributed by atoms with Gasteiger partial charge in [-0.05, 0) is 24.3 Å². The summed E-state index contributed by atoms with van der Waals surface area (Å²) in [7, 11) is 0. The van der Waals surface area contributed by atoms with Gasteiger partial charge in [0.1, 0.15) is 17.9 Å². The quantitative estimate of drug-likeness (QED) is 0.620. The molecule has 2 aromatic rings. The molecule has 0 saturated carbocycles. The van der Waals surface area contributed by atoms with Crippen LogP contribution in [0.15, 0.2) is 42.6 Å². The molecule has 1 aliphatic heterocycles. The highest BCUT2D eigenvalue weighted by Crippen LogP contribution is 2.28. The molecule has 3 rings (SSSR count). The van der Waals surface area contributed by atoms with Gasteiger partial charge in [-0.25, -0.2) is 9.78 Å². The Labute approximate surface area is 143 Å². The molecule has 1 aromatic carbocycles. The minimum Gasteiger partial charge on any atom is -0.459 e. The van der Waals surface area contributed by atoms with E-state index in [1.165, 1.54) is 6.20 Å². The topological polar surface area (TPSA) is 57.7 Å². The van der Waals surface area contributed by atoms with Crippen LogP contribution in [-0.2, 0) is 14.2 Å². The Morgan fingerprint density at radius 2 is 2.04 bits per heavy atom. The van der Waals surface area contributed by atoms with E-state index in [-0.39, 0.29) is 23.4 Å². The fourth-order valence-electron chi connectivity index (χ4n) is 2.11. The van der Waals surface area contributed by atoms with Gasteiger partial charge in [-0.2, -0.15) is 0 Å². The zero-order valence-corrected chi connectivity index (χ0v) is 13.5. The van der Waals surface area contributed by atoms with Crippen LogP contribution in [0.1, 0.15) is 22.2 Å². The molecule has 0 spiro atoms. The standard InChI is InChI=1S/C16H13Cl2NO4/c17-11-5-3-10(4-6-11)16-22-9-12(23-16)8-21-15(20)13-2-1-7-19-14(13)18/h1-7,12,16H,8-9H2/t12-,16+/m1/s1. The van der Waals surface area contributed by atoms with Gasteiger partial charge in [0.15, 0.2) is 6.29 Å². The molecule has 0 amide bonds. The Morgan fingerprint density at radius 1 is 1.26 bits per heavy atom. The summed E-state index contributed by atoms with van der Waals surface area (Å²) in [5.41, 5.74) is 1.08. The second-order valence-electron chi connectivity index (χ2n) is 4.92. The van der Waals surface area contributed by atoms with Crippen LogP contribution < -0.4 is 0 Å². The van der Waals surface area contributed by atoms with Crippen LogP contribution in [0, 0.1) is 0 Å². The number of ether oxygens (including phenoxy) is 3. The summed E-state index contributed by atoms with van der Waals surface area (Å²) in [6, 6.07) is 10.4. The van der Waals surface area contributed by atoms with Gasteiger partial charge < -0.3 is 14.2 Å². The molecule has 7 heteroatoms. The summed E-state index contributed by atoms with van der Waals surface area (Å²) in [6.45, 7) is 0.412. The third-order valence-corrected chi connectivity index (χ3v) is 3.82. The lowest BCUT2D eigenvalue weighted by Gasteiger charge is -2.12. The number of rotatable bonds is 4. The molecule has 5 nitrogen and oxygen atoms in total. The first-order chi connectivity index (χ1) is 11.1. The molecule has 1 saturated heterocycles. The van der Waals surface area contributed by atoms with E-state index in [9.17, 15) is 4.79 Å². The Balaban J connectivity index is 1.53. The number of aromatic nitrogens is 1. The number of benzene rings is 1.